The van der Waals surface area contributed by atoms with Crippen molar-refractivity contribution in [2.45, 2.75) is 20.3 Å². The number of ketones is 1. The number of carbonyl (C=O) groups is 1. The molecule has 0 saturated carbocycles. The minimum absolute atomic E-state index is 0.0255. The Bertz CT molecular complexity index is 562. The van der Waals surface area contributed by atoms with Gasteiger partial charge in [0, 0.05) is 16.6 Å². The van der Waals surface area contributed by atoms with E-state index >= 15 is 0 Å². The van der Waals surface area contributed by atoms with Crippen LogP contribution in [-0.4, -0.2) is 10.8 Å². The SMILES string of the molecule is Cc1csc(CC(=O)c2ccc(F)c(C)c2)n1. The zero-order valence-electron chi connectivity index (χ0n) is 9.66. The number of nitrogens with zero attached hydrogens (tertiary/aromatic N) is 1. The van der Waals surface area contributed by atoms with Crippen LogP contribution in [0.15, 0.2) is 23.6 Å². The second kappa shape index (κ2) is 4.75. The molecule has 0 amide bonds. The minimum Gasteiger partial charge on any atom is -0.294 e. The number of halogens is 1. The van der Waals surface area contributed by atoms with Crippen LogP contribution in [0, 0.1) is 19.7 Å². The summed E-state index contributed by atoms with van der Waals surface area (Å²) >= 11 is 1.47. The van der Waals surface area contributed by atoms with Crippen molar-refractivity contribution in [3.05, 3.63) is 51.2 Å². The van der Waals surface area contributed by atoms with Crippen LogP contribution >= 0.6 is 11.3 Å². The van der Waals surface area contributed by atoms with Gasteiger partial charge in [-0.25, -0.2) is 9.37 Å². The van der Waals surface area contributed by atoms with E-state index in [1.165, 1.54) is 23.5 Å². The summed E-state index contributed by atoms with van der Waals surface area (Å²) in [4.78, 5) is 16.2. The molecule has 0 atom stereocenters. The second-order valence-corrected chi connectivity index (χ2v) is 4.89. The molecule has 0 radical (unpaired) electrons. The topological polar surface area (TPSA) is 30.0 Å². The van der Waals surface area contributed by atoms with Crippen molar-refractivity contribution < 1.29 is 9.18 Å². The van der Waals surface area contributed by atoms with E-state index in [0.717, 1.165) is 10.7 Å². The molecule has 2 nitrogen and oxygen atoms in total. The highest BCUT2D eigenvalue weighted by Gasteiger charge is 2.10. The number of carbonyl (C=O) groups excluding carboxylic acids is 1. The van der Waals surface area contributed by atoms with Gasteiger partial charge in [0.25, 0.3) is 0 Å². The lowest BCUT2D eigenvalue weighted by Gasteiger charge is -2.01. The fourth-order valence-corrected chi connectivity index (χ4v) is 2.31. The van der Waals surface area contributed by atoms with E-state index in [9.17, 15) is 9.18 Å². The number of aromatic nitrogens is 1. The largest absolute Gasteiger partial charge is 0.294 e. The van der Waals surface area contributed by atoms with Crippen LogP contribution in [0.3, 0.4) is 0 Å². The van der Waals surface area contributed by atoms with Crippen molar-refractivity contribution in [1.82, 2.24) is 4.98 Å². The number of rotatable bonds is 3. The van der Waals surface area contributed by atoms with Crippen LogP contribution in [0.2, 0.25) is 0 Å². The Kier molecular flexibility index (Phi) is 3.33. The highest BCUT2D eigenvalue weighted by atomic mass is 32.1. The van der Waals surface area contributed by atoms with E-state index in [4.69, 9.17) is 0 Å². The molecule has 17 heavy (non-hydrogen) atoms. The molecule has 0 saturated heterocycles. The molecular weight excluding hydrogens is 237 g/mol. The molecule has 2 rings (SSSR count). The summed E-state index contributed by atoms with van der Waals surface area (Å²) in [5, 5.41) is 2.72. The third kappa shape index (κ3) is 2.77. The average Bonchev–Trinajstić information content (AvgIpc) is 2.68. The standard InChI is InChI=1S/C13H12FNOS/c1-8-5-10(3-4-11(8)14)12(16)6-13-15-9(2)7-17-13/h3-5,7H,6H2,1-2H3. The Morgan fingerprint density at radius 3 is 2.76 bits per heavy atom. The highest BCUT2D eigenvalue weighted by Crippen LogP contribution is 2.14. The summed E-state index contributed by atoms with van der Waals surface area (Å²) in [6.07, 6.45) is 0.281. The van der Waals surface area contributed by atoms with Gasteiger partial charge in [-0.1, -0.05) is 0 Å². The molecule has 0 bridgehead atoms. The number of aryl methyl sites for hydroxylation is 2. The molecule has 0 aliphatic rings. The number of hydrogen-bond acceptors (Lipinski definition) is 3. The predicted octanol–water partition coefficient (Wildman–Crippen LogP) is 3.32. The number of Topliss-reactive ketones (excluding diaryl/α,β-unsaturated/α-hetero) is 1. The summed E-state index contributed by atoms with van der Waals surface area (Å²) in [5.41, 5.74) is 1.95. The smallest absolute Gasteiger partial charge is 0.169 e. The second-order valence-electron chi connectivity index (χ2n) is 3.95. The maximum absolute atomic E-state index is 13.1. The molecule has 88 valence electrons. The van der Waals surface area contributed by atoms with Gasteiger partial charge in [0.1, 0.15) is 10.8 Å². The first kappa shape index (κ1) is 11.9. The van der Waals surface area contributed by atoms with Gasteiger partial charge in [-0.15, -0.1) is 11.3 Å². The van der Waals surface area contributed by atoms with E-state index in [1.807, 2.05) is 12.3 Å². The minimum atomic E-state index is -0.286. The maximum Gasteiger partial charge on any atom is 0.169 e. The highest BCUT2D eigenvalue weighted by molar-refractivity contribution is 7.09. The van der Waals surface area contributed by atoms with Crippen LogP contribution in [0.4, 0.5) is 4.39 Å². The normalized spacial score (nSPS) is 10.5. The fraction of sp³-hybridized carbons (Fsp3) is 0.231. The van der Waals surface area contributed by atoms with Crippen molar-refractivity contribution in [1.29, 1.82) is 0 Å². The number of benzene rings is 1. The molecule has 0 spiro atoms. The van der Waals surface area contributed by atoms with E-state index in [1.54, 1.807) is 13.0 Å². The summed E-state index contributed by atoms with van der Waals surface area (Å²) in [6, 6.07) is 4.43. The van der Waals surface area contributed by atoms with Gasteiger partial charge in [0.2, 0.25) is 0 Å². The van der Waals surface area contributed by atoms with Crippen molar-refractivity contribution in [3.8, 4) is 0 Å². The summed E-state index contributed by atoms with van der Waals surface area (Å²) in [6.45, 7) is 3.55. The molecule has 4 heteroatoms. The zero-order valence-corrected chi connectivity index (χ0v) is 10.5. The molecule has 0 aliphatic heterocycles. The fourth-order valence-electron chi connectivity index (χ4n) is 1.54. The Morgan fingerprint density at radius 2 is 2.18 bits per heavy atom. The van der Waals surface area contributed by atoms with Crippen LogP contribution in [0.25, 0.3) is 0 Å². The monoisotopic (exact) mass is 249 g/mol. The molecule has 1 heterocycles. The molecule has 1 aromatic carbocycles. The molecule has 0 fully saturated rings. The van der Waals surface area contributed by atoms with Gasteiger partial charge in [0.05, 0.1) is 6.42 Å². The summed E-state index contributed by atoms with van der Waals surface area (Å²) < 4.78 is 13.1. The third-order valence-corrected chi connectivity index (χ3v) is 3.42. The van der Waals surface area contributed by atoms with Crippen molar-refractivity contribution in [2.24, 2.45) is 0 Å². The summed E-state index contributed by atoms with van der Waals surface area (Å²) in [7, 11) is 0. The third-order valence-electron chi connectivity index (χ3n) is 2.46. The Hall–Kier alpha value is -1.55. The first-order valence-corrected chi connectivity index (χ1v) is 6.14. The van der Waals surface area contributed by atoms with E-state index in [-0.39, 0.29) is 18.0 Å². The molecule has 2 aromatic rings. The van der Waals surface area contributed by atoms with Gasteiger partial charge < -0.3 is 0 Å². The Labute approximate surface area is 103 Å². The van der Waals surface area contributed by atoms with Gasteiger partial charge >= 0.3 is 0 Å². The first-order valence-electron chi connectivity index (χ1n) is 5.26. The van der Waals surface area contributed by atoms with Crippen LogP contribution in [0.1, 0.15) is 26.6 Å². The Balaban J connectivity index is 2.17. The lowest BCUT2D eigenvalue weighted by Crippen LogP contribution is -2.04. The van der Waals surface area contributed by atoms with Crippen LogP contribution in [0.5, 0.6) is 0 Å². The van der Waals surface area contributed by atoms with E-state index in [2.05, 4.69) is 4.98 Å². The van der Waals surface area contributed by atoms with E-state index < -0.39 is 0 Å². The van der Waals surface area contributed by atoms with Crippen molar-refractivity contribution >= 4 is 17.1 Å². The quantitative estimate of drug-likeness (QED) is 0.781. The maximum atomic E-state index is 13.1. The van der Waals surface area contributed by atoms with Gasteiger partial charge in [-0.05, 0) is 37.6 Å². The van der Waals surface area contributed by atoms with Crippen LogP contribution in [-0.2, 0) is 6.42 Å². The molecule has 0 aliphatic carbocycles. The molecular formula is C13H12FNOS. The Morgan fingerprint density at radius 1 is 1.41 bits per heavy atom. The van der Waals surface area contributed by atoms with Crippen LogP contribution < -0.4 is 0 Å². The molecule has 0 unspecified atom stereocenters. The number of thiazole rings is 1. The van der Waals surface area contributed by atoms with Gasteiger partial charge in [-0.3, -0.25) is 4.79 Å². The van der Waals surface area contributed by atoms with Gasteiger partial charge in [-0.2, -0.15) is 0 Å². The lowest BCUT2D eigenvalue weighted by molar-refractivity contribution is 0.0993. The lowest BCUT2D eigenvalue weighted by atomic mass is 10.1. The van der Waals surface area contributed by atoms with Crippen molar-refractivity contribution in [3.63, 3.8) is 0 Å². The summed E-state index contributed by atoms with van der Waals surface area (Å²) in [5.74, 6) is -0.311. The molecule has 0 N–H and O–H groups in total. The van der Waals surface area contributed by atoms with Crippen molar-refractivity contribution in [2.75, 3.05) is 0 Å². The average molecular weight is 249 g/mol. The predicted molar refractivity (Wildman–Crippen MR) is 66.0 cm³/mol. The van der Waals surface area contributed by atoms with Gasteiger partial charge in [0.15, 0.2) is 5.78 Å². The number of hydrogen-bond donors (Lipinski definition) is 0. The first-order chi connectivity index (χ1) is 8.06. The van der Waals surface area contributed by atoms with E-state index in [0.29, 0.717) is 11.1 Å². The molecule has 1 aromatic heterocycles. The zero-order chi connectivity index (χ0) is 12.4.